The van der Waals surface area contributed by atoms with Crippen molar-refractivity contribution >= 4 is 24.9 Å². The Labute approximate surface area is 259 Å². The number of nitrogens with zero attached hydrogens (tertiary/aromatic N) is 5. The Kier molecular flexibility index (Phi) is 9.27. The molecule has 0 bridgehead atoms. The summed E-state index contributed by atoms with van der Waals surface area (Å²) in [7, 11) is -2.79. The first-order valence-electron chi connectivity index (χ1n) is 14.5. The molecule has 0 aromatic carbocycles. The van der Waals surface area contributed by atoms with Crippen molar-refractivity contribution in [3.8, 4) is 0 Å². The minimum atomic E-state index is -4.27. The fourth-order valence-corrected chi connectivity index (χ4v) is 7.16. The van der Waals surface area contributed by atoms with Crippen LogP contribution in [0.25, 0.3) is 11.2 Å². The minimum absolute atomic E-state index is 0.0178. The molecule has 0 radical (unpaired) electrons. The quantitative estimate of drug-likeness (QED) is 0.142. The number of aromatic nitrogens is 6. The summed E-state index contributed by atoms with van der Waals surface area (Å²) in [6, 6.07) is 0. The summed E-state index contributed by atoms with van der Waals surface area (Å²) >= 11 is 0. The fraction of sp³-hybridized carbons (Fsp3) is 0.640. The lowest BCUT2D eigenvalue weighted by atomic mass is 10.2. The van der Waals surface area contributed by atoms with Crippen LogP contribution in [0, 0.1) is 6.92 Å². The SMILES string of the molecule is Cc1cn([C@H]2C[C@H](OP(=O)(OC[C@H]3O[C@@H](n4cnc5c(=O)[nH]c(N)nc54)C[C@@H]3O)N(C)CC3OCCO3)[C@@H](CO)O2)c(=O)[nH]c1=O. The molecular formula is C25H35N8O12P. The smallest absolute Gasteiger partial charge is 0.394 e. The van der Waals surface area contributed by atoms with E-state index in [-0.39, 0.29) is 42.1 Å². The second-order valence-corrected chi connectivity index (χ2v) is 13.2. The molecule has 6 rings (SSSR count). The molecule has 6 N–H and O–H groups in total. The van der Waals surface area contributed by atoms with Gasteiger partial charge in [-0.3, -0.25) is 37.7 Å². The molecule has 3 saturated heterocycles. The number of hydrogen-bond donors (Lipinski definition) is 5. The highest BCUT2D eigenvalue weighted by molar-refractivity contribution is 7.51. The topological polar surface area (TPSA) is 261 Å². The summed E-state index contributed by atoms with van der Waals surface area (Å²) in [5.74, 6) is -0.117. The molecule has 3 aromatic rings. The molecule has 0 spiro atoms. The summed E-state index contributed by atoms with van der Waals surface area (Å²) in [6.45, 7) is 1.27. The third-order valence-corrected chi connectivity index (χ3v) is 9.99. The van der Waals surface area contributed by atoms with E-state index in [9.17, 15) is 29.2 Å². The number of aryl methyl sites for hydroxylation is 1. The summed E-state index contributed by atoms with van der Waals surface area (Å²) in [5, 5.41) is 20.9. The number of nitrogen functional groups attached to an aromatic ring is 1. The molecule has 46 heavy (non-hydrogen) atoms. The number of aliphatic hydroxyl groups is 2. The van der Waals surface area contributed by atoms with E-state index in [0.29, 0.717) is 13.2 Å². The molecule has 21 heteroatoms. The molecule has 3 aliphatic rings. The summed E-state index contributed by atoms with van der Waals surface area (Å²) in [5.41, 5.74) is 4.36. The molecule has 3 aromatic heterocycles. The van der Waals surface area contributed by atoms with Crippen molar-refractivity contribution in [1.82, 2.24) is 33.7 Å². The predicted molar refractivity (Wildman–Crippen MR) is 156 cm³/mol. The second-order valence-electron chi connectivity index (χ2n) is 11.2. The number of anilines is 1. The van der Waals surface area contributed by atoms with Crippen LogP contribution < -0.4 is 22.5 Å². The van der Waals surface area contributed by atoms with E-state index in [1.54, 1.807) is 0 Å². The van der Waals surface area contributed by atoms with Crippen LogP contribution in [0.5, 0.6) is 0 Å². The number of nitrogens with two attached hydrogens (primary N) is 1. The van der Waals surface area contributed by atoms with Crippen LogP contribution in [0.4, 0.5) is 5.95 Å². The van der Waals surface area contributed by atoms with Gasteiger partial charge in [-0.1, -0.05) is 0 Å². The lowest BCUT2D eigenvalue weighted by molar-refractivity contribution is -0.0651. The van der Waals surface area contributed by atoms with E-state index in [4.69, 9.17) is 33.7 Å². The Hall–Kier alpha value is -3.30. The van der Waals surface area contributed by atoms with Crippen molar-refractivity contribution in [2.45, 2.75) is 62.9 Å². The molecule has 6 heterocycles. The van der Waals surface area contributed by atoms with Crippen molar-refractivity contribution in [1.29, 1.82) is 0 Å². The molecule has 0 saturated carbocycles. The number of fused-ring (bicyclic) bond motifs is 1. The molecule has 3 fully saturated rings. The Morgan fingerprint density at radius 1 is 1.11 bits per heavy atom. The summed E-state index contributed by atoms with van der Waals surface area (Å²) in [4.78, 5) is 49.3. The number of likely N-dealkylation sites (N-methyl/N-ethyl adjacent to an activating group) is 1. The van der Waals surface area contributed by atoms with E-state index in [1.807, 2.05) is 0 Å². The number of aromatic amines is 2. The van der Waals surface area contributed by atoms with Crippen molar-refractivity contribution in [3.63, 3.8) is 0 Å². The molecule has 7 atom stereocenters. The zero-order valence-electron chi connectivity index (χ0n) is 24.9. The van der Waals surface area contributed by atoms with Gasteiger partial charge < -0.3 is 34.9 Å². The Morgan fingerprint density at radius 3 is 2.57 bits per heavy atom. The Balaban J connectivity index is 1.20. The number of ether oxygens (including phenoxy) is 4. The third-order valence-electron chi connectivity index (χ3n) is 7.97. The van der Waals surface area contributed by atoms with Crippen LogP contribution >= 0.6 is 7.75 Å². The van der Waals surface area contributed by atoms with Gasteiger partial charge in [0.15, 0.2) is 17.5 Å². The van der Waals surface area contributed by atoms with Crippen LogP contribution in [-0.2, 0) is 32.6 Å². The zero-order chi connectivity index (χ0) is 32.7. The summed E-state index contributed by atoms with van der Waals surface area (Å²) in [6.07, 6.45) is -3.87. The number of nitrogens with one attached hydrogen (secondary N) is 2. The van der Waals surface area contributed by atoms with Gasteiger partial charge in [-0.25, -0.2) is 19.0 Å². The van der Waals surface area contributed by atoms with Crippen molar-refractivity contribution in [2.75, 3.05) is 45.8 Å². The van der Waals surface area contributed by atoms with Crippen LogP contribution in [0.2, 0.25) is 0 Å². The summed E-state index contributed by atoms with van der Waals surface area (Å²) < 4.78 is 53.2. The molecule has 3 aliphatic heterocycles. The van der Waals surface area contributed by atoms with Gasteiger partial charge in [-0.05, 0) is 14.0 Å². The van der Waals surface area contributed by atoms with Crippen LogP contribution in [-0.4, -0.2) is 115 Å². The van der Waals surface area contributed by atoms with E-state index in [0.717, 1.165) is 4.57 Å². The average Bonchev–Trinajstić information content (AvgIpc) is 3.81. The molecule has 1 unspecified atom stereocenters. The van der Waals surface area contributed by atoms with Gasteiger partial charge in [0.25, 0.3) is 11.1 Å². The van der Waals surface area contributed by atoms with Crippen molar-refractivity contribution < 1.29 is 42.8 Å². The highest BCUT2D eigenvalue weighted by Gasteiger charge is 2.46. The first-order valence-corrected chi connectivity index (χ1v) is 16.0. The van der Waals surface area contributed by atoms with Gasteiger partial charge >= 0.3 is 13.4 Å². The Morgan fingerprint density at radius 2 is 1.83 bits per heavy atom. The maximum atomic E-state index is 14.5. The van der Waals surface area contributed by atoms with E-state index >= 15 is 0 Å². The average molecular weight is 671 g/mol. The highest BCUT2D eigenvalue weighted by atomic mass is 31.2. The van der Waals surface area contributed by atoms with Gasteiger partial charge in [-0.15, -0.1) is 0 Å². The molecule has 252 valence electrons. The van der Waals surface area contributed by atoms with Gasteiger partial charge in [0.1, 0.15) is 30.8 Å². The largest absolute Gasteiger partial charge is 0.408 e. The van der Waals surface area contributed by atoms with Crippen LogP contribution in [0.1, 0.15) is 30.9 Å². The van der Waals surface area contributed by atoms with E-state index in [1.165, 1.54) is 35.7 Å². The standard InChI is InChI=1S/C25H35N8O12P/c1-12-7-32(25(38)30-22(12)36)18-6-14(15(9-34)43-18)45-46(39,31(2)8-19-40-3-4-41-19)42-10-16-13(35)5-17(44-16)33-11-27-20-21(33)28-24(26)29-23(20)37/h7,11,13-19,34-35H,3-6,8-10H2,1-2H3,(H,30,36,38)(H3,26,28,29,37)/t13-,14-,15+,16+,17+,18+,46?/m0/s1. The van der Waals surface area contributed by atoms with Gasteiger partial charge in [0.05, 0.1) is 45.4 Å². The number of H-pyrrole nitrogens is 2. The molecular weight excluding hydrogens is 635 g/mol. The molecule has 20 nitrogen and oxygen atoms in total. The zero-order valence-corrected chi connectivity index (χ0v) is 25.8. The highest BCUT2D eigenvalue weighted by Crippen LogP contribution is 2.55. The third kappa shape index (κ3) is 6.45. The molecule has 0 amide bonds. The first kappa shape index (κ1) is 32.6. The number of imidazole rings is 1. The monoisotopic (exact) mass is 670 g/mol. The Bertz CT molecular complexity index is 1790. The minimum Gasteiger partial charge on any atom is -0.394 e. The van der Waals surface area contributed by atoms with E-state index in [2.05, 4.69) is 19.9 Å². The van der Waals surface area contributed by atoms with Gasteiger partial charge in [0, 0.05) is 24.6 Å². The fourth-order valence-electron chi connectivity index (χ4n) is 5.51. The van der Waals surface area contributed by atoms with Crippen molar-refractivity contribution in [3.05, 3.63) is 49.3 Å². The second kappa shape index (κ2) is 13.1. The number of hydrogen-bond acceptors (Lipinski definition) is 15. The normalized spacial score (nSPS) is 28.5. The number of rotatable bonds is 11. The first-order chi connectivity index (χ1) is 22.0. The van der Waals surface area contributed by atoms with Crippen LogP contribution in [0.3, 0.4) is 0 Å². The predicted octanol–water partition coefficient (Wildman–Crippen LogP) is -1.70. The maximum Gasteiger partial charge on any atom is 0.408 e. The number of aliphatic hydroxyl groups excluding tert-OH is 2. The van der Waals surface area contributed by atoms with Gasteiger partial charge in [-0.2, -0.15) is 4.98 Å². The van der Waals surface area contributed by atoms with Crippen LogP contribution in [0.15, 0.2) is 26.9 Å². The van der Waals surface area contributed by atoms with E-state index < -0.39 is 80.9 Å². The molecule has 0 aliphatic carbocycles. The maximum absolute atomic E-state index is 14.5. The van der Waals surface area contributed by atoms with Crippen molar-refractivity contribution in [2.24, 2.45) is 0 Å². The van der Waals surface area contributed by atoms with Gasteiger partial charge in [0.2, 0.25) is 5.95 Å². The lowest BCUT2D eigenvalue weighted by Crippen LogP contribution is -2.35. The lowest BCUT2D eigenvalue weighted by Gasteiger charge is -2.32.